The maximum absolute atomic E-state index is 12.1. The normalized spacial score (nSPS) is 11.3. The van der Waals surface area contributed by atoms with Crippen molar-refractivity contribution in [3.05, 3.63) is 59.7 Å². The number of methoxy groups -OCH3 is 1. The van der Waals surface area contributed by atoms with Crippen LogP contribution in [0.25, 0.3) is 0 Å². The van der Waals surface area contributed by atoms with Crippen molar-refractivity contribution in [3.8, 4) is 5.75 Å². The number of aryl methyl sites for hydroxylation is 1. The number of hydrogen-bond acceptors (Lipinski definition) is 3. The average molecular weight is 291 g/mol. The van der Waals surface area contributed by atoms with E-state index in [1.807, 2.05) is 25.1 Å². The van der Waals surface area contributed by atoms with Gasteiger partial charge in [-0.25, -0.2) is 13.1 Å². The van der Waals surface area contributed by atoms with Crippen molar-refractivity contribution in [2.45, 2.75) is 18.4 Å². The number of hydrogen-bond donors (Lipinski definition) is 1. The second-order valence-corrected chi connectivity index (χ2v) is 6.22. The van der Waals surface area contributed by atoms with Crippen LogP contribution in [0.4, 0.5) is 0 Å². The lowest BCUT2D eigenvalue weighted by Gasteiger charge is -2.11. The number of ether oxygens (including phenoxy) is 1. The summed E-state index contributed by atoms with van der Waals surface area (Å²) in [4.78, 5) is 0.256. The minimum atomic E-state index is -3.50. The molecule has 0 saturated carbocycles. The van der Waals surface area contributed by atoms with Gasteiger partial charge in [0.05, 0.1) is 12.0 Å². The molecule has 0 aliphatic rings. The van der Waals surface area contributed by atoms with E-state index in [4.69, 9.17) is 4.74 Å². The molecule has 0 spiro atoms. The Balaban J connectivity index is 2.19. The van der Waals surface area contributed by atoms with Crippen LogP contribution in [0.2, 0.25) is 0 Å². The molecular weight excluding hydrogens is 274 g/mol. The highest BCUT2D eigenvalue weighted by Gasteiger charge is 2.14. The third-order valence-corrected chi connectivity index (χ3v) is 4.36. The van der Waals surface area contributed by atoms with Crippen LogP contribution in [-0.2, 0) is 16.6 Å². The molecule has 2 aromatic rings. The van der Waals surface area contributed by atoms with Gasteiger partial charge in [0.2, 0.25) is 10.0 Å². The van der Waals surface area contributed by atoms with E-state index >= 15 is 0 Å². The van der Waals surface area contributed by atoms with Crippen LogP contribution >= 0.6 is 0 Å². The van der Waals surface area contributed by atoms with Crippen molar-refractivity contribution >= 4 is 10.0 Å². The SMILES string of the molecule is COc1ccc(C)cc1CNS(=O)(=O)c1ccccc1. The molecule has 2 rings (SSSR count). The van der Waals surface area contributed by atoms with Crippen molar-refractivity contribution in [1.82, 2.24) is 4.72 Å². The lowest BCUT2D eigenvalue weighted by atomic mass is 10.1. The van der Waals surface area contributed by atoms with E-state index in [1.54, 1.807) is 37.4 Å². The molecule has 0 heterocycles. The third-order valence-electron chi connectivity index (χ3n) is 2.94. The molecule has 0 atom stereocenters. The topological polar surface area (TPSA) is 55.4 Å². The quantitative estimate of drug-likeness (QED) is 0.920. The molecule has 0 aliphatic heterocycles. The third kappa shape index (κ3) is 3.37. The van der Waals surface area contributed by atoms with Crippen LogP contribution in [-0.4, -0.2) is 15.5 Å². The van der Waals surface area contributed by atoms with Crippen molar-refractivity contribution in [2.24, 2.45) is 0 Å². The first-order chi connectivity index (χ1) is 9.53. The standard InChI is InChI=1S/C15H17NO3S/c1-12-8-9-15(19-2)13(10-12)11-16-20(17,18)14-6-4-3-5-7-14/h3-10,16H,11H2,1-2H3. The predicted molar refractivity (Wildman–Crippen MR) is 78.2 cm³/mol. The zero-order valence-corrected chi connectivity index (χ0v) is 12.3. The zero-order valence-electron chi connectivity index (χ0n) is 11.5. The fourth-order valence-corrected chi connectivity index (χ4v) is 2.93. The Morgan fingerprint density at radius 1 is 1.10 bits per heavy atom. The molecule has 5 heteroatoms. The van der Waals surface area contributed by atoms with Crippen molar-refractivity contribution in [2.75, 3.05) is 7.11 Å². The fourth-order valence-electron chi connectivity index (χ4n) is 1.90. The molecule has 20 heavy (non-hydrogen) atoms. The highest BCUT2D eigenvalue weighted by Crippen LogP contribution is 2.20. The highest BCUT2D eigenvalue weighted by atomic mass is 32.2. The van der Waals surface area contributed by atoms with E-state index in [2.05, 4.69) is 4.72 Å². The smallest absolute Gasteiger partial charge is 0.240 e. The van der Waals surface area contributed by atoms with Crippen molar-refractivity contribution < 1.29 is 13.2 Å². The Hall–Kier alpha value is -1.85. The molecule has 1 N–H and O–H groups in total. The van der Waals surface area contributed by atoms with Crippen LogP contribution < -0.4 is 9.46 Å². The predicted octanol–water partition coefficient (Wildman–Crippen LogP) is 2.48. The van der Waals surface area contributed by atoms with Gasteiger partial charge in [-0.05, 0) is 25.1 Å². The van der Waals surface area contributed by atoms with E-state index in [9.17, 15) is 8.42 Å². The van der Waals surface area contributed by atoms with Gasteiger partial charge in [0.15, 0.2) is 0 Å². The van der Waals surface area contributed by atoms with E-state index in [0.717, 1.165) is 11.1 Å². The number of rotatable bonds is 5. The van der Waals surface area contributed by atoms with Gasteiger partial charge < -0.3 is 4.74 Å². The summed E-state index contributed by atoms with van der Waals surface area (Å²) in [7, 11) is -1.93. The number of sulfonamides is 1. The molecule has 4 nitrogen and oxygen atoms in total. The zero-order chi connectivity index (χ0) is 14.6. The van der Waals surface area contributed by atoms with E-state index in [0.29, 0.717) is 5.75 Å². The summed E-state index contributed by atoms with van der Waals surface area (Å²) in [5, 5.41) is 0. The molecule has 0 fully saturated rings. The summed E-state index contributed by atoms with van der Waals surface area (Å²) in [5.41, 5.74) is 1.87. The van der Waals surface area contributed by atoms with Gasteiger partial charge in [-0.3, -0.25) is 0 Å². The largest absolute Gasteiger partial charge is 0.496 e. The van der Waals surface area contributed by atoms with E-state index in [1.165, 1.54) is 0 Å². The summed E-state index contributed by atoms with van der Waals surface area (Å²) < 4.78 is 32.1. The Bertz CT molecular complexity index is 682. The van der Waals surface area contributed by atoms with Gasteiger partial charge in [-0.15, -0.1) is 0 Å². The van der Waals surface area contributed by atoms with Crippen LogP contribution in [0.1, 0.15) is 11.1 Å². The first-order valence-corrected chi connectivity index (χ1v) is 7.69. The van der Waals surface area contributed by atoms with Gasteiger partial charge in [0.25, 0.3) is 0 Å². The summed E-state index contributed by atoms with van der Waals surface area (Å²) in [6, 6.07) is 14.0. The summed E-state index contributed by atoms with van der Waals surface area (Å²) in [6.45, 7) is 2.15. The van der Waals surface area contributed by atoms with Gasteiger partial charge in [0, 0.05) is 12.1 Å². The lowest BCUT2D eigenvalue weighted by molar-refractivity contribution is 0.409. The van der Waals surface area contributed by atoms with E-state index in [-0.39, 0.29) is 11.4 Å². The Labute approximate surface area is 119 Å². The molecule has 0 radical (unpaired) electrons. The molecule has 2 aromatic carbocycles. The Morgan fingerprint density at radius 3 is 2.45 bits per heavy atom. The average Bonchev–Trinajstić information content (AvgIpc) is 2.46. The summed E-state index contributed by atoms with van der Waals surface area (Å²) in [6.07, 6.45) is 0. The molecule has 0 aromatic heterocycles. The van der Waals surface area contributed by atoms with E-state index < -0.39 is 10.0 Å². The molecule has 0 bridgehead atoms. The van der Waals surface area contributed by atoms with Gasteiger partial charge >= 0.3 is 0 Å². The van der Waals surface area contributed by atoms with Crippen molar-refractivity contribution in [1.29, 1.82) is 0 Å². The monoisotopic (exact) mass is 291 g/mol. The number of nitrogens with one attached hydrogen (secondary N) is 1. The summed E-state index contributed by atoms with van der Waals surface area (Å²) in [5.74, 6) is 0.673. The minimum absolute atomic E-state index is 0.197. The van der Waals surface area contributed by atoms with Gasteiger partial charge in [0.1, 0.15) is 5.75 Å². The molecular formula is C15H17NO3S. The number of benzene rings is 2. The maximum atomic E-state index is 12.1. The van der Waals surface area contributed by atoms with Crippen LogP contribution in [0.15, 0.2) is 53.4 Å². The van der Waals surface area contributed by atoms with Crippen molar-refractivity contribution in [3.63, 3.8) is 0 Å². The summed E-state index contributed by atoms with van der Waals surface area (Å²) >= 11 is 0. The fraction of sp³-hybridized carbons (Fsp3) is 0.200. The molecule has 106 valence electrons. The first kappa shape index (κ1) is 14.6. The van der Waals surface area contributed by atoms with Gasteiger partial charge in [-0.2, -0.15) is 0 Å². The highest BCUT2D eigenvalue weighted by molar-refractivity contribution is 7.89. The first-order valence-electron chi connectivity index (χ1n) is 6.21. The second kappa shape index (κ2) is 6.07. The van der Waals surface area contributed by atoms with Crippen LogP contribution in [0, 0.1) is 6.92 Å². The maximum Gasteiger partial charge on any atom is 0.240 e. The minimum Gasteiger partial charge on any atom is -0.496 e. The Morgan fingerprint density at radius 2 is 1.80 bits per heavy atom. The van der Waals surface area contributed by atoms with Crippen LogP contribution in [0.3, 0.4) is 0 Å². The molecule has 0 saturated heterocycles. The molecule has 0 aliphatic carbocycles. The second-order valence-electron chi connectivity index (χ2n) is 4.45. The lowest BCUT2D eigenvalue weighted by Crippen LogP contribution is -2.23. The molecule has 0 unspecified atom stereocenters. The molecule has 0 amide bonds. The van der Waals surface area contributed by atoms with Gasteiger partial charge in [-0.1, -0.05) is 35.9 Å². The Kier molecular flexibility index (Phi) is 4.42. The van der Waals surface area contributed by atoms with Crippen LogP contribution in [0.5, 0.6) is 5.75 Å².